The summed E-state index contributed by atoms with van der Waals surface area (Å²) in [5, 5.41) is 15.1. The van der Waals surface area contributed by atoms with Crippen molar-refractivity contribution in [2.45, 2.75) is 57.7 Å². The summed E-state index contributed by atoms with van der Waals surface area (Å²) in [6.07, 6.45) is 5.93. The number of halogens is 1. The summed E-state index contributed by atoms with van der Waals surface area (Å²) < 4.78 is 31.1. The summed E-state index contributed by atoms with van der Waals surface area (Å²) in [7, 11) is -3.33. The summed E-state index contributed by atoms with van der Waals surface area (Å²) in [4.78, 5) is 26.7. The van der Waals surface area contributed by atoms with Crippen LogP contribution in [0, 0.1) is 0 Å². The maximum Gasteiger partial charge on any atom is 0.337 e. The zero-order chi connectivity index (χ0) is 30.1. The molecule has 2 unspecified atom stereocenters. The highest BCUT2D eigenvalue weighted by atomic mass is 35.5. The number of anilines is 2. The molecule has 1 aliphatic rings. The van der Waals surface area contributed by atoms with Crippen LogP contribution < -0.4 is 20.1 Å². The van der Waals surface area contributed by atoms with Gasteiger partial charge >= 0.3 is 12.0 Å². The van der Waals surface area contributed by atoms with Crippen molar-refractivity contribution in [3.05, 3.63) is 83.9 Å². The first-order valence-corrected chi connectivity index (χ1v) is 16.0. The molecular weight excluding hydrogens is 592 g/mol. The molecule has 4 rings (SSSR count). The van der Waals surface area contributed by atoms with Gasteiger partial charge in [0.25, 0.3) is 0 Å². The molecule has 1 fully saturated rings. The standard InChI is InChI=1S/C31H38N4O6S.ClH/c1-3-4-7-25-20-24(32-31(38)33-29-9-6-5-8-28(29)30(36)37)18-19-35(25)21-22-10-14-26(15-11-22)41-27-16-12-23(13-17-27)34-42(2,39)40;/h5-6,8-17,24-25,34H,3-4,7,18-21H2,1-2H3,(H,36,37)(H2,32,33,38);1H. The number of rotatable bonds is 12. The average Bonchev–Trinajstić information content (AvgIpc) is 2.94. The second kappa shape index (κ2) is 15.6. The highest BCUT2D eigenvalue weighted by Gasteiger charge is 2.29. The number of nitrogens with zero attached hydrogens (tertiary/aromatic N) is 1. The van der Waals surface area contributed by atoms with Gasteiger partial charge in [-0.1, -0.05) is 44.0 Å². The molecule has 0 radical (unpaired) electrons. The number of aromatic carboxylic acids is 1. The number of nitrogens with one attached hydrogen (secondary N) is 3. The van der Waals surface area contributed by atoms with Gasteiger partial charge in [0, 0.05) is 30.9 Å². The van der Waals surface area contributed by atoms with Crippen LogP contribution in [0.4, 0.5) is 16.2 Å². The van der Waals surface area contributed by atoms with Crippen LogP contribution in [0.5, 0.6) is 11.5 Å². The number of amides is 2. The zero-order valence-corrected chi connectivity index (χ0v) is 25.9. The number of unbranched alkanes of at least 4 members (excludes halogenated alkanes) is 1. The molecule has 0 aromatic heterocycles. The van der Waals surface area contributed by atoms with E-state index in [2.05, 4.69) is 27.2 Å². The Hall–Kier alpha value is -3.80. The highest BCUT2D eigenvalue weighted by Crippen LogP contribution is 2.27. The molecule has 1 aliphatic heterocycles. The number of ether oxygens (including phenoxy) is 1. The Bertz CT molecular complexity index is 1470. The molecule has 10 nitrogen and oxygen atoms in total. The Balaban J connectivity index is 0.00000506. The number of hydrogen-bond acceptors (Lipinski definition) is 6. The summed E-state index contributed by atoms with van der Waals surface area (Å²) in [6, 6.07) is 20.9. The summed E-state index contributed by atoms with van der Waals surface area (Å²) in [5.41, 5.74) is 1.96. The third kappa shape index (κ3) is 10.5. The molecule has 0 saturated carbocycles. The average molecular weight is 631 g/mol. The topological polar surface area (TPSA) is 137 Å². The Morgan fingerprint density at radius 2 is 1.65 bits per heavy atom. The molecule has 1 saturated heterocycles. The van der Waals surface area contributed by atoms with Crippen molar-refractivity contribution < 1.29 is 27.9 Å². The van der Waals surface area contributed by atoms with E-state index >= 15 is 0 Å². The van der Waals surface area contributed by atoms with Gasteiger partial charge in [0.15, 0.2) is 0 Å². The molecule has 3 aromatic rings. The lowest BCUT2D eigenvalue weighted by Crippen LogP contribution is -2.50. The Morgan fingerprint density at radius 1 is 1.00 bits per heavy atom. The molecule has 1 heterocycles. The van der Waals surface area contributed by atoms with Gasteiger partial charge in [-0.05, 0) is 73.4 Å². The molecule has 2 amide bonds. The molecule has 4 N–H and O–H groups in total. The van der Waals surface area contributed by atoms with Gasteiger partial charge in [-0.2, -0.15) is 0 Å². The number of piperidine rings is 1. The number of likely N-dealkylation sites (tertiary alicyclic amines) is 1. The first kappa shape index (κ1) is 33.7. The Morgan fingerprint density at radius 3 is 2.28 bits per heavy atom. The minimum Gasteiger partial charge on any atom is -0.478 e. The zero-order valence-electron chi connectivity index (χ0n) is 24.3. The van der Waals surface area contributed by atoms with Crippen LogP contribution in [0.25, 0.3) is 0 Å². The number of carbonyl (C=O) groups excluding carboxylic acids is 1. The van der Waals surface area contributed by atoms with E-state index in [0.29, 0.717) is 23.2 Å². The third-order valence-electron chi connectivity index (χ3n) is 7.17. The van der Waals surface area contributed by atoms with Crippen LogP contribution in [0.1, 0.15) is 54.9 Å². The predicted molar refractivity (Wildman–Crippen MR) is 171 cm³/mol. The number of urea groups is 1. The molecule has 0 aliphatic carbocycles. The van der Waals surface area contributed by atoms with Crippen molar-refractivity contribution in [1.82, 2.24) is 10.2 Å². The number of carbonyl (C=O) groups is 2. The summed E-state index contributed by atoms with van der Waals surface area (Å²) in [5.74, 6) is 0.201. The quantitative estimate of drug-likeness (QED) is 0.184. The van der Waals surface area contributed by atoms with E-state index in [9.17, 15) is 23.1 Å². The largest absolute Gasteiger partial charge is 0.478 e. The number of sulfonamides is 1. The van der Waals surface area contributed by atoms with Gasteiger partial charge in [0.2, 0.25) is 10.0 Å². The minimum atomic E-state index is -3.33. The predicted octanol–water partition coefficient (Wildman–Crippen LogP) is 6.32. The number of para-hydroxylation sites is 1. The van der Waals surface area contributed by atoms with Gasteiger partial charge in [0.05, 0.1) is 17.5 Å². The van der Waals surface area contributed by atoms with Crippen LogP contribution in [-0.2, 0) is 16.6 Å². The van der Waals surface area contributed by atoms with Crippen molar-refractivity contribution in [2.24, 2.45) is 0 Å². The fourth-order valence-electron chi connectivity index (χ4n) is 5.14. The van der Waals surface area contributed by atoms with Gasteiger partial charge in [-0.3, -0.25) is 9.62 Å². The van der Waals surface area contributed by atoms with E-state index in [1.165, 1.54) is 6.07 Å². The van der Waals surface area contributed by atoms with Gasteiger partial charge in [0.1, 0.15) is 11.5 Å². The van der Waals surface area contributed by atoms with Crippen molar-refractivity contribution in [2.75, 3.05) is 22.8 Å². The maximum absolute atomic E-state index is 12.7. The fourth-order valence-corrected chi connectivity index (χ4v) is 5.70. The van der Waals surface area contributed by atoms with Crippen LogP contribution in [0.2, 0.25) is 0 Å². The lowest BCUT2D eigenvalue weighted by Gasteiger charge is -2.40. The van der Waals surface area contributed by atoms with E-state index in [1.54, 1.807) is 42.5 Å². The monoisotopic (exact) mass is 630 g/mol. The van der Waals surface area contributed by atoms with Crippen LogP contribution in [0.3, 0.4) is 0 Å². The molecule has 2 atom stereocenters. The van der Waals surface area contributed by atoms with Crippen molar-refractivity contribution in [3.63, 3.8) is 0 Å². The van der Waals surface area contributed by atoms with Crippen molar-refractivity contribution in [3.8, 4) is 11.5 Å². The first-order valence-electron chi connectivity index (χ1n) is 14.1. The van der Waals surface area contributed by atoms with Crippen LogP contribution >= 0.6 is 12.4 Å². The minimum absolute atomic E-state index is 0. The highest BCUT2D eigenvalue weighted by molar-refractivity contribution is 7.92. The van der Waals surface area contributed by atoms with Gasteiger partial charge in [-0.25, -0.2) is 18.0 Å². The maximum atomic E-state index is 12.7. The van der Waals surface area contributed by atoms with E-state index < -0.39 is 22.0 Å². The molecule has 232 valence electrons. The molecule has 43 heavy (non-hydrogen) atoms. The lowest BCUT2D eigenvalue weighted by molar-refractivity contribution is 0.0698. The fraction of sp³-hybridized carbons (Fsp3) is 0.355. The summed E-state index contributed by atoms with van der Waals surface area (Å²) >= 11 is 0. The number of carboxylic acid groups (broad SMARTS) is 1. The smallest absolute Gasteiger partial charge is 0.337 e. The Labute approximate surface area is 259 Å². The van der Waals surface area contributed by atoms with Gasteiger partial charge in [-0.15, -0.1) is 12.4 Å². The molecule has 0 spiro atoms. The van der Waals surface area contributed by atoms with E-state index in [0.717, 1.165) is 57.0 Å². The number of benzene rings is 3. The van der Waals surface area contributed by atoms with E-state index in [-0.39, 0.29) is 29.7 Å². The SMILES string of the molecule is CCCCC1CC(NC(=O)Nc2ccccc2C(=O)O)CCN1Cc1ccc(Oc2ccc(NS(C)(=O)=O)cc2)cc1.Cl. The second-order valence-corrected chi connectivity index (χ2v) is 12.3. The van der Waals surface area contributed by atoms with Crippen LogP contribution in [0.15, 0.2) is 72.8 Å². The van der Waals surface area contributed by atoms with E-state index in [4.69, 9.17) is 4.74 Å². The van der Waals surface area contributed by atoms with E-state index in [1.807, 2.05) is 24.3 Å². The molecular formula is C31H39ClN4O6S. The van der Waals surface area contributed by atoms with Crippen molar-refractivity contribution in [1.29, 1.82) is 0 Å². The molecule has 12 heteroatoms. The normalized spacial score (nSPS) is 16.9. The third-order valence-corrected chi connectivity index (χ3v) is 7.78. The molecule has 3 aromatic carbocycles. The second-order valence-electron chi connectivity index (χ2n) is 10.6. The Kier molecular flexibility index (Phi) is 12.2. The van der Waals surface area contributed by atoms with Crippen molar-refractivity contribution >= 4 is 45.8 Å². The van der Waals surface area contributed by atoms with Crippen LogP contribution in [-0.4, -0.2) is 55.3 Å². The first-order chi connectivity index (χ1) is 20.1. The summed E-state index contributed by atoms with van der Waals surface area (Å²) in [6.45, 7) is 3.79. The van der Waals surface area contributed by atoms with Gasteiger partial charge < -0.3 is 20.5 Å². The number of carboxylic acids is 1. The lowest BCUT2D eigenvalue weighted by atomic mass is 9.93. The number of hydrogen-bond donors (Lipinski definition) is 4. The molecule has 0 bridgehead atoms.